The standard InChI is InChI=1S/C22H21FN2O6/c1-3-30-21(26)20(22(27)31-4-2)19(15-6-5-7-16(23)12-15)18(13-24)14-8-10-17(11-9-14)25(28)29/h5-12,18-20H,3-4H2,1-2H3/t18-,19+/m0/s1. The summed E-state index contributed by atoms with van der Waals surface area (Å²) in [5.41, 5.74) is 0.354. The van der Waals surface area contributed by atoms with Gasteiger partial charge in [0.15, 0.2) is 5.92 Å². The molecular weight excluding hydrogens is 407 g/mol. The van der Waals surface area contributed by atoms with Crippen LogP contribution in [0.4, 0.5) is 10.1 Å². The van der Waals surface area contributed by atoms with Gasteiger partial charge in [0.2, 0.25) is 0 Å². The maximum absolute atomic E-state index is 14.0. The summed E-state index contributed by atoms with van der Waals surface area (Å²) < 4.78 is 24.1. The normalized spacial score (nSPS) is 12.5. The largest absolute Gasteiger partial charge is 0.465 e. The van der Waals surface area contributed by atoms with Gasteiger partial charge in [-0.05, 0) is 37.1 Å². The minimum absolute atomic E-state index is 0.0145. The summed E-state index contributed by atoms with van der Waals surface area (Å²) in [5, 5.41) is 20.9. The van der Waals surface area contributed by atoms with Crippen molar-refractivity contribution in [1.29, 1.82) is 5.26 Å². The van der Waals surface area contributed by atoms with Crippen molar-refractivity contribution in [2.45, 2.75) is 25.7 Å². The Morgan fingerprint density at radius 1 is 1.06 bits per heavy atom. The number of non-ortho nitro benzene ring substituents is 1. The van der Waals surface area contributed by atoms with Gasteiger partial charge in [0.05, 0.1) is 30.1 Å². The topological polar surface area (TPSA) is 120 Å². The van der Waals surface area contributed by atoms with Crippen LogP contribution < -0.4 is 0 Å². The second-order valence-corrected chi connectivity index (χ2v) is 6.52. The van der Waals surface area contributed by atoms with Gasteiger partial charge >= 0.3 is 11.9 Å². The van der Waals surface area contributed by atoms with Crippen molar-refractivity contribution >= 4 is 17.6 Å². The Morgan fingerprint density at radius 3 is 2.10 bits per heavy atom. The van der Waals surface area contributed by atoms with Crippen molar-refractivity contribution in [3.8, 4) is 6.07 Å². The highest BCUT2D eigenvalue weighted by molar-refractivity contribution is 5.96. The van der Waals surface area contributed by atoms with Gasteiger partial charge in [-0.25, -0.2) is 4.39 Å². The van der Waals surface area contributed by atoms with Crippen LogP contribution >= 0.6 is 0 Å². The lowest BCUT2D eigenvalue weighted by molar-refractivity contribution is -0.384. The molecule has 2 atom stereocenters. The number of nitriles is 1. The zero-order valence-electron chi connectivity index (χ0n) is 17.0. The molecule has 2 aromatic carbocycles. The summed E-state index contributed by atoms with van der Waals surface area (Å²) in [5.74, 6) is -6.24. The van der Waals surface area contributed by atoms with E-state index in [1.54, 1.807) is 13.8 Å². The number of nitro groups is 1. The van der Waals surface area contributed by atoms with E-state index in [0.717, 1.165) is 6.07 Å². The molecule has 31 heavy (non-hydrogen) atoms. The minimum atomic E-state index is -1.54. The quantitative estimate of drug-likeness (QED) is 0.257. The van der Waals surface area contributed by atoms with Crippen LogP contribution in [0.25, 0.3) is 0 Å². The van der Waals surface area contributed by atoms with E-state index >= 15 is 0 Å². The van der Waals surface area contributed by atoms with Crippen molar-refractivity contribution in [2.75, 3.05) is 13.2 Å². The summed E-state index contributed by atoms with van der Waals surface area (Å²) in [6.45, 7) is 3.10. The fraction of sp³-hybridized carbons (Fsp3) is 0.318. The summed E-state index contributed by atoms with van der Waals surface area (Å²) in [7, 11) is 0. The number of carbonyl (C=O) groups is 2. The fourth-order valence-electron chi connectivity index (χ4n) is 3.31. The van der Waals surface area contributed by atoms with Crippen LogP contribution in [-0.2, 0) is 19.1 Å². The Kier molecular flexibility index (Phi) is 8.20. The van der Waals surface area contributed by atoms with Gasteiger partial charge in [0.25, 0.3) is 5.69 Å². The predicted molar refractivity (Wildman–Crippen MR) is 107 cm³/mol. The molecule has 0 aliphatic heterocycles. The molecule has 0 heterocycles. The van der Waals surface area contributed by atoms with Gasteiger partial charge in [-0.15, -0.1) is 0 Å². The van der Waals surface area contributed by atoms with E-state index in [4.69, 9.17) is 9.47 Å². The summed E-state index contributed by atoms with van der Waals surface area (Å²) in [4.78, 5) is 35.8. The smallest absolute Gasteiger partial charge is 0.321 e. The number of benzene rings is 2. The molecule has 0 aliphatic carbocycles. The average molecular weight is 428 g/mol. The molecule has 9 heteroatoms. The third-order valence-corrected chi connectivity index (χ3v) is 4.63. The van der Waals surface area contributed by atoms with E-state index in [0.29, 0.717) is 5.56 Å². The van der Waals surface area contributed by atoms with E-state index < -0.39 is 40.4 Å². The zero-order valence-corrected chi connectivity index (χ0v) is 17.0. The Balaban J connectivity index is 2.66. The molecule has 2 aromatic rings. The Hall–Kier alpha value is -3.80. The number of carbonyl (C=O) groups excluding carboxylic acids is 2. The maximum atomic E-state index is 14.0. The number of hydrogen-bond donors (Lipinski definition) is 0. The van der Waals surface area contributed by atoms with Crippen molar-refractivity contribution < 1.29 is 28.4 Å². The number of hydrogen-bond acceptors (Lipinski definition) is 7. The van der Waals surface area contributed by atoms with Crippen LogP contribution in [0, 0.1) is 33.2 Å². The van der Waals surface area contributed by atoms with Crippen molar-refractivity contribution in [3.05, 3.63) is 75.6 Å². The number of esters is 2. The average Bonchev–Trinajstić information content (AvgIpc) is 2.74. The minimum Gasteiger partial charge on any atom is -0.465 e. The Morgan fingerprint density at radius 2 is 1.65 bits per heavy atom. The molecule has 0 spiro atoms. The van der Waals surface area contributed by atoms with Crippen LogP contribution in [0.3, 0.4) is 0 Å². The SMILES string of the molecule is CCOC(=O)C(C(=O)OCC)[C@H](c1cccc(F)c1)[C@@H](C#N)c1ccc([N+](=O)[O-])cc1. The van der Waals surface area contributed by atoms with Crippen LogP contribution in [-0.4, -0.2) is 30.1 Å². The molecule has 0 fully saturated rings. The van der Waals surface area contributed by atoms with Crippen LogP contribution in [0.2, 0.25) is 0 Å². The molecule has 162 valence electrons. The Labute approximate surface area is 178 Å². The summed E-state index contributed by atoms with van der Waals surface area (Å²) in [6, 6.07) is 12.4. The molecule has 2 rings (SSSR count). The molecule has 0 bridgehead atoms. The van der Waals surface area contributed by atoms with E-state index in [2.05, 4.69) is 6.07 Å². The molecule has 0 saturated heterocycles. The van der Waals surface area contributed by atoms with E-state index in [1.807, 2.05) is 0 Å². The highest BCUT2D eigenvalue weighted by Gasteiger charge is 2.43. The van der Waals surface area contributed by atoms with Crippen LogP contribution in [0.5, 0.6) is 0 Å². The van der Waals surface area contributed by atoms with Gasteiger partial charge in [-0.1, -0.05) is 24.3 Å². The molecule has 0 N–H and O–H groups in total. The molecule has 0 unspecified atom stereocenters. The third-order valence-electron chi connectivity index (χ3n) is 4.63. The molecule has 0 aromatic heterocycles. The molecule has 0 aliphatic rings. The van der Waals surface area contributed by atoms with Crippen LogP contribution in [0.15, 0.2) is 48.5 Å². The Bertz CT molecular complexity index is 968. The van der Waals surface area contributed by atoms with E-state index in [9.17, 15) is 29.4 Å². The van der Waals surface area contributed by atoms with E-state index in [-0.39, 0.29) is 24.5 Å². The summed E-state index contributed by atoms with van der Waals surface area (Å²) in [6.07, 6.45) is 0. The first-order chi connectivity index (χ1) is 14.8. The van der Waals surface area contributed by atoms with Crippen molar-refractivity contribution in [3.63, 3.8) is 0 Å². The first-order valence-electron chi connectivity index (χ1n) is 9.56. The first-order valence-corrected chi connectivity index (χ1v) is 9.56. The molecular formula is C22H21FN2O6. The number of rotatable bonds is 9. The maximum Gasteiger partial charge on any atom is 0.321 e. The van der Waals surface area contributed by atoms with Gasteiger partial charge in [-0.2, -0.15) is 5.26 Å². The lowest BCUT2D eigenvalue weighted by Crippen LogP contribution is -2.36. The van der Waals surface area contributed by atoms with Gasteiger partial charge in [0.1, 0.15) is 5.82 Å². The third kappa shape index (κ3) is 5.63. The number of nitro benzene ring substituents is 1. The monoisotopic (exact) mass is 428 g/mol. The number of nitrogens with zero attached hydrogens (tertiary/aromatic N) is 2. The molecule has 0 saturated carbocycles. The molecule has 0 amide bonds. The first kappa shape index (κ1) is 23.5. The van der Waals surface area contributed by atoms with Gasteiger partial charge in [0, 0.05) is 18.1 Å². The van der Waals surface area contributed by atoms with Gasteiger partial charge in [-0.3, -0.25) is 19.7 Å². The predicted octanol–water partition coefficient (Wildman–Crippen LogP) is 3.87. The summed E-state index contributed by atoms with van der Waals surface area (Å²) >= 11 is 0. The fourth-order valence-corrected chi connectivity index (χ4v) is 3.31. The lowest BCUT2D eigenvalue weighted by atomic mass is 9.74. The van der Waals surface area contributed by atoms with Gasteiger partial charge < -0.3 is 9.47 Å². The van der Waals surface area contributed by atoms with Crippen molar-refractivity contribution in [2.24, 2.45) is 5.92 Å². The van der Waals surface area contributed by atoms with E-state index in [1.165, 1.54) is 42.5 Å². The number of halogens is 1. The second kappa shape index (κ2) is 10.8. The van der Waals surface area contributed by atoms with Crippen LogP contribution in [0.1, 0.15) is 36.8 Å². The molecule has 0 radical (unpaired) electrons. The highest BCUT2D eigenvalue weighted by atomic mass is 19.1. The highest BCUT2D eigenvalue weighted by Crippen LogP contribution is 2.40. The molecule has 8 nitrogen and oxygen atoms in total. The number of ether oxygens (including phenoxy) is 2. The van der Waals surface area contributed by atoms with Crippen molar-refractivity contribution in [1.82, 2.24) is 0 Å². The lowest BCUT2D eigenvalue weighted by Gasteiger charge is -2.28. The zero-order chi connectivity index (χ0) is 23.0. The second-order valence-electron chi connectivity index (χ2n) is 6.52.